The lowest BCUT2D eigenvalue weighted by Crippen LogP contribution is -2.76. The van der Waals surface area contributed by atoms with Crippen LogP contribution >= 0.6 is 0 Å². The maximum Gasteiger partial charge on any atom is 0.248 e. The lowest BCUT2D eigenvalue weighted by atomic mass is 9.86. The second-order valence-corrected chi connectivity index (χ2v) is 6.85. The Balaban J connectivity index is 2.48. The molecule has 0 aromatic carbocycles. The van der Waals surface area contributed by atoms with E-state index >= 15 is 0 Å². The highest BCUT2D eigenvalue weighted by atomic mass is 16.8. The zero-order valence-corrected chi connectivity index (χ0v) is 14.7. The molecule has 27 heavy (non-hydrogen) atoms. The van der Waals surface area contributed by atoms with Gasteiger partial charge >= 0.3 is 0 Å². The Kier molecular flexibility index (Phi) is 6.84. The smallest absolute Gasteiger partial charge is 0.248 e. The third kappa shape index (κ3) is 3.50. The fourth-order valence-corrected chi connectivity index (χ4v) is 3.47. The van der Waals surface area contributed by atoms with Crippen LogP contribution in [0, 0.1) is 0 Å². The molecule has 2 saturated heterocycles. The minimum Gasteiger partial charge on any atom is -0.394 e. The van der Waals surface area contributed by atoms with Crippen LogP contribution in [0.5, 0.6) is 0 Å². The molecule has 0 saturated carbocycles. The largest absolute Gasteiger partial charge is 0.394 e. The number of hydrogen-bond acceptors (Lipinski definition) is 12. The van der Waals surface area contributed by atoms with E-state index in [2.05, 4.69) is 0 Å². The van der Waals surface area contributed by atoms with Gasteiger partial charge in [0.05, 0.1) is 13.2 Å². The molecule has 2 heterocycles. The molecule has 0 aromatic heterocycles. The van der Waals surface area contributed by atoms with Gasteiger partial charge in [0.1, 0.15) is 43.2 Å². The highest BCUT2D eigenvalue weighted by Gasteiger charge is 2.69. The Morgan fingerprint density at radius 1 is 0.852 bits per heavy atom. The van der Waals surface area contributed by atoms with Crippen LogP contribution in [-0.4, -0.2) is 120 Å². The number of aliphatic hydroxyl groups is 9. The van der Waals surface area contributed by atoms with Crippen LogP contribution < -0.4 is 0 Å². The maximum atomic E-state index is 10.5. The van der Waals surface area contributed by atoms with Gasteiger partial charge in [0, 0.05) is 6.42 Å². The van der Waals surface area contributed by atoms with Gasteiger partial charge in [-0.15, -0.1) is 0 Å². The van der Waals surface area contributed by atoms with Crippen LogP contribution in [0.3, 0.4) is 0 Å². The van der Waals surface area contributed by atoms with Gasteiger partial charge in [-0.05, 0) is 0 Å². The van der Waals surface area contributed by atoms with Crippen molar-refractivity contribution in [1.82, 2.24) is 0 Å². The first-order valence-corrected chi connectivity index (χ1v) is 8.61. The highest BCUT2D eigenvalue weighted by Crippen LogP contribution is 2.46. The van der Waals surface area contributed by atoms with Gasteiger partial charge in [0.15, 0.2) is 0 Å². The molecule has 8 atom stereocenters. The van der Waals surface area contributed by atoms with Gasteiger partial charge in [-0.3, -0.25) is 0 Å². The normalized spacial score (nSPS) is 47.3. The van der Waals surface area contributed by atoms with Crippen LogP contribution in [0.1, 0.15) is 19.8 Å². The SMILES string of the molecule is CCC[C@@]1(OC2(CO)O[C@H](CO)[C@@H](O)[C@@H]2O)O[C@H](CO)[C@@H](O)[C@H](O)C1(O)O. The molecular formula is C15H28O12. The highest BCUT2D eigenvalue weighted by molar-refractivity contribution is 5.05. The predicted octanol–water partition coefficient (Wildman–Crippen LogP) is -4.91. The molecule has 0 spiro atoms. The minimum atomic E-state index is -3.25. The molecule has 1 unspecified atom stereocenters. The Morgan fingerprint density at radius 2 is 1.37 bits per heavy atom. The second-order valence-electron chi connectivity index (χ2n) is 6.85. The first kappa shape index (κ1) is 22.8. The van der Waals surface area contributed by atoms with Crippen LogP contribution in [0.25, 0.3) is 0 Å². The van der Waals surface area contributed by atoms with Crippen molar-refractivity contribution in [2.45, 2.75) is 73.8 Å². The summed E-state index contributed by atoms with van der Waals surface area (Å²) in [6.07, 6.45) is -10.7. The summed E-state index contributed by atoms with van der Waals surface area (Å²) in [7, 11) is 0. The summed E-state index contributed by atoms with van der Waals surface area (Å²) in [6.45, 7) is -1.05. The number of rotatable bonds is 7. The summed E-state index contributed by atoms with van der Waals surface area (Å²) in [5.41, 5.74) is 0. The van der Waals surface area contributed by atoms with Crippen molar-refractivity contribution in [3.8, 4) is 0 Å². The molecular weight excluding hydrogens is 372 g/mol. The van der Waals surface area contributed by atoms with Gasteiger partial charge in [0.25, 0.3) is 0 Å². The topological polar surface area (TPSA) is 210 Å². The molecule has 2 rings (SSSR count). The summed E-state index contributed by atoms with van der Waals surface area (Å²) >= 11 is 0. The molecule has 2 fully saturated rings. The summed E-state index contributed by atoms with van der Waals surface area (Å²) in [5.74, 6) is -8.26. The third-order valence-electron chi connectivity index (χ3n) is 5.02. The van der Waals surface area contributed by atoms with Gasteiger partial charge in [-0.2, -0.15) is 0 Å². The van der Waals surface area contributed by atoms with Crippen molar-refractivity contribution >= 4 is 0 Å². The van der Waals surface area contributed by atoms with E-state index in [1.165, 1.54) is 0 Å². The minimum absolute atomic E-state index is 0.174. The van der Waals surface area contributed by atoms with Gasteiger partial charge in [-0.25, -0.2) is 0 Å². The molecule has 2 aliphatic rings. The van der Waals surface area contributed by atoms with E-state index < -0.39 is 73.8 Å². The lowest BCUT2D eigenvalue weighted by Gasteiger charge is -2.54. The summed E-state index contributed by atoms with van der Waals surface area (Å²) < 4.78 is 16.1. The Bertz CT molecular complexity index is 503. The van der Waals surface area contributed by atoms with Gasteiger partial charge in [-0.1, -0.05) is 13.3 Å². The van der Waals surface area contributed by atoms with E-state index in [4.69, 9.17) is 14.2 Å². The van der Waals surface area contributed by atoms with Crippen LogP contribution in [0.15, 0.2) is 0 Å². The fraction of sp³-hybridized carbons (Fsp3) is 1.00. The molecule has 0 bridgehead atoms. The van der Waals surface area contributed by atoms with Crippen molar-refractivity contribution < 1.29 is 60.2 Å². The van der Waals surface area contributed by atoms with Crippen LogP contribution in [0.2, 0.25) is 0 Å². The number of ether oxygens (including phenoxy) is 3. The van der Waals surface area contributed by atoms with Crippen LogP contribution in [-0.2, 0) is 14.2 Å². The van der Waals surface area contributed by atoms with Crippen molar-refractivity contribution in [3.05, 3.63) is 0 Å². The molecule has 0 aromatic rings. The number of aliphatic hydroxyl groups excluding tert-OH is 7. The number of hydrogen-bond donors (Lipinski definition) is 9. The Labute approximate surface area is 154 Å². The van der Waals surface area contributed by atoms with Crippen molar-refractivity contribution in [2.24, 2.45) is 0 Å². The van der Waals surface area contributed by atoms with E-state index in [1.807, 2.05) is 0 Å². The summed E-state index contributed by atoms with van der Waals surface area (Å²) in [5, 5.41) is 89.7. The third-order valence-corrected chi connectivity index (χ3v) is 5.02. The quantitative estimate of drug-likeness (QED) is 0.184. The zero-order valence-electron chi connectivity index (χ0n) is 14.7. The van der Waals surface area contributed by atoms with E-state index in [1.54, 1.807) is 6.92 Å². The second kappa shape index (κ2) is 8.10. The standard InChI is InChI=1S/C15H28O12/c1-2-3-14(15(23,24)12(22)10(20)8(5-17)26-14)27-13(6-18)11(21)9(19)7(4-16)25-13/h7-12,16-24H,2-6H2,1H3/t7-,8-,9-,10-,11+,12+,13?,14+/m1/s1. The van der Waals surface area contributed by atoms with E-state index in [-0.39, 0.29) is 12.8 Å². The fourth-order valence-electron chi connectivity index (χ4n) is 3.47. The predicted molar refractivity (Wildman–Crippen MR) is 83.7 cm³/mol. The van der Waals surface area contributed by atoms with Gasteiger partial charge in [0.2, 0.25) is 17.4 Å². The van der Waals surface area contributed by atoms with Gasteiger partial charge < -0.3 is 60.2 Å². The first-order valence-electron chi connectivity index (χ1n) is 8.61. The molecule has 12 nitrogen and oxygen atoms in total. The molecule has 0 aliphatic carbocycles. The molecule has 12 heteroatoms. The average molecular weight is 400 g/mol. The van der Waals surface area contributed by atoms with E-state index in [0.717, 1.165) is 0 Å². The zero-order chi connectivity index (χ0) is 20.6. The van der Waals surface area contributed by atoms with Crippen LogP contribution in [0.4, 0.5) is 0 Å². The first-order chi connectivity index (χ1) is 12.6. The maximum absolute atomic E-state index is 10.5. The Morgan fingerprint density at radius 3 is 1.81 bits per heavy atom. The Hall–Kier alpha value is -0.480. The lowest BCUT2D eigenvalue weighted by molar-refractivity contribution is -0.498. The van der Waals surface area contributed by atoms with Crippen molar-refractivity contribution in [3.63, 3.8) is 0 Å². The summed E-state index contributed by atoms with van der Waals surface area (Å²) in [4.78, 5) is 0. The van der Waals surface area contributed by atoms with E-state index in [9.17, 15) is 46.0 Å². The molecule has 9 N–H and O–H groups in total. The molecule has 0 amide bonds. The van der Waals surface area contributed by atoms with E-state index in [0.29, 0.717) is 0 Å². The average Bonchev–Trinajstić information content (AvgIpc) is 2.88. The summed E-state index contributed by atoms with van der Waals surface area (Å²) in [6, 6.07) is 0. The monoisotopic (exact) mass is 400 g/mol. The molecule has 160 valence electrons. The van der Waals surface area contributed by atoms with Crippen molar-refractivity contribution in [1.29, 1.82) is 0 Å². The molecule has 2 aliphatic heterocycles. The van der Waals surface area contributed by atoms with Crippen molar-refractivity contribution in [2.75, 3.05) is 19.8 Å². The molecule has 0 radical (unpaired) electrons.